The Morgan fingerprint density at radius 1 is 0.333 bits per heavy atom. The third-order valence-corrected chi connectivity index (χ3v) is 12.8. The van der Waals surface area contributed by atoms with E-state index in [4.69, 9.17) is 48.1 Å². The number of aliphatic hydroxyl groups is 17. The molecule has 0 bridgehead atoms. The topological polar surface area (TPSA) is 418 Å². The number of thiol groups is 2. The standard InChI is InChI=1S/2C10H20O6.C10H20O5.2C7H14O4S.CH4/c2*1-2-3-4-15-10-9(14)8(13)7(12)6(5-11)16-10;1-3-4-5-14-10-9(13)8(12)7(11)6(2)15-10;2*1-3-5(8)7(10)6(9)4(2-12)11-3;/h2*6-14H,2-5H2,1H3;6-13H,3-5H2,1-2H3;2*3-10,12H,2H2,1H3;1H4/t6?,7-,8+,9?,10+;6?,7-,8-,9?,10+;6?,7-,8+,9?,10-;2*3-,4?,5?,6-,7-;/m10111./s1. The number of hydrogen-bond donors (Lipinski definition) is 19. The van der Waals surface area contributed by atoms with Crippen molar-refractivity contribution in [3.8, 4) is 0 Å². The number of aliphatic hydroxyl groups excluding tert-OH is 17. The summed E-state index contributed by atoms with van der Waals surface area (Å²) in [6, 6.07) is 0. The second-order valence-corrected chi connectivity index (χ2v) is 18.5. The quantitative estimate of drug-likeness (QED) is 0.0508. The largest absolute Gasteiger partial charge is 0.394 e. The van der Waals surface area contributed by atoms with E-state index in [0.717, 1.165) is 38.5 Å². The van der Waals surface area contributed by atoms with Crippen molar-refractivity contribution in [2.24, 2.45) is 0 Å². The SMILES string of the molecule is C.CCCCO[C@@H]1OC(C)[C@@H](O)[C@H](O)C1O.CCCCO[C@@H]1OC(CO)[C@H](O)[C@H](O)C1O.CCCCO[C@H]1OC(CO)[C@@H](O)[C@H](O)C1O.C[C@H]1OC(CS)[C@@H](O)[C@H](O)C1O.C[C@H]1OC(CS)[C@@H](O)[C@H](O)C1O. The highest BCUT2D eigenvalue weighted by Gasteiger charge is 2.46. The first-order valence-electron chi connectivity index (χ1n) is 24.2. The lowest BCUT2D eigenvalue weighted by atomic mass is 9.96. The van der Waals surface area contributed by atoms with Gasteiger partial charge in [-0.2, -0.15) is 25.3 Å². The zero-order valence-electron chi connectivity index (χ0n) is 41.4. The molecule has 10 unspecified atom stereocenters. The molecule has 0 aromatic rings. The predicted molar refractivity (Wildman–Crippen MR) is 262 cm³/mol. The van der Waals surface area contributed by atoms with Crippen molar-refractivity contribution in [3.63, 3.8) is 0 Å². The number of unbranched alkanes of at least 4 members (excludes halogenated alkanes) is 3. The number of ether oxygens (including phenoxy) is 8. The second kappa shape index (κ2) is 37.5. The summed E-state index contributed by atoms with van der Waals surface area (Å²) in [7, 11) is 0. The Kier molecular flexibility index (Phi) is 37.3. The van der Waals surface area contributed by atoms with E-state index in [-0.39, 0.29) is 7.43 Å². The van der Waals surface area contributed by atoms with Gasteiger partial charge >= 0.3 is 0 Å². The summed E-state index contributed by atoms with van der Waals surface area (Å²) < 4.78 is 41.7. The normalized spacial score (nSPS) is 42.9. The minimum Gasteiger partial charge on any atom is -0.394 e. The van der Waals surface area contributed by atoms with E-state index in [1.807, 2.05) is 20.8 Å². The van der Waals surface area contributed by atoms with Crippen molar-refractivity contribution < 1.29 is 125 Å². The van der Waals surface area contributed by atoms with Gasteiger partial charge in [0.05, 0.1) is 43.7 Å². The molecule has 0 aromatic heterocycles. The summed E-state index contributed by atoms with van der Waals surface area (Å²) in [4.78, 5) is 0. The van der Waals surface area contributed by atoms with E-state index >= 15 is 0 Å². The molecule has 5 aliphatic heterocycles. The minimum absolute atomic E-state index is 0. The molecule has 25 nitrogen and oxygen atoms in total. The van der Waals surface area contributed by atoms with Gasteiger partial charge in [0.15, 0.2) is 18.9 Å². The summed E-state index contributed by atoms with van der Waals surface area (Å²) in [6.07, 6.45) is -19.5. The Morgan fingerprint density at radius 3 is 0.833 bits per heavy atom. The molecule has 25 atom stereocenters. The first-order valence-corrected chi connectivity index (χ1v) is 25.5. The Morgan fingerprint density at radius 2 is 0.569 bits per heavy atom. The number of rotatable bonds is 16. The average molecular weight is 1100 g/mol. The highest BCUT2D eigenvalue weighted by atomic mass is 32.1. The van der Waals surface area contributed by atoms with Crippen molar-refractivity contribution in [1.82, 2.24) is 0 Å². The maximum atomic E-state index is 9.58. The summed E-state index contributed by atoms with van der Waals surface area (Å²) in [5.74, 6) is 0.657. The van der Waals surface area contributed by atoms with Crippen molar-refractivity contribution in [3.05, 3.63) is 0 Å². The van der Waals surface area contributed by atoms with Crippen molar-refractivity contribution in [1.29, 1.82) is 0 Å². The lowest BCUT2D eigenvalue weighted by molar-refractivity contribution is -0.301. The molecule has 5 rings (SSSR count). The average Bonchev–Trinajstić information content (AvgIpc) is 3.36. The Bertz CT molecular complexity index is 1250. The second-order valence-electron chi connectivity index (χ2n) is 17.8. The van der Waals surface area contributed by atoms with Gasteiger partial charge < -0.3 is 125 Å². The van der Waals surface area contributed by atoms with Crippen LogP contribution >= 0.6 is 25.3 Å². The maximum absolute atomic E-state index is 9.58. The fourth-order valence-corrected chi connectivity index (χ4v) is 7.77. The molecular formula is C45H92O25S2. The van der Waals surface area contributed by atoms with Gasteiger partial charge in [-0.1, -0.05) is 47.5 Å². The van der Waals surface area contributed by atoms with Crippen molar-refractivity contribution >= 4 is 25.3 Å². The van der Waals surface area contributed by atoms with Crippen molar-refractivity contribution in [2.45, 2.75) is 241 Å². The molecular weight excluding hydrogens is 1000 g/mol. The van der Waals surface area contributed by atoms with Crippen molar-refractivity contribution in [2.75, 3.05) is 44.5 Å². The van der Waals surface area contributed by atoms with Crippen LogP contribution < -0.4 is 0 Å². The molecule has 5 heterocycles. The maximum Gasteiger partial charge on any atom is 0.186 e. The zero-order valence-corrected chi connectivity index (χ0v) is 43.2. The highest BCUT2D eigenvalue weighted by Crippen LogP contribution is 2.26. The fourth-order valence-electron chi connectivity index (χ4n) is 7.17. The summed E-state index contributed by atoms with van der Waals surface area (Å²) >= 11 is 7.91. The van der Waals surface area contributed by atoms with Gasteiger partial charge in [-0.25, -0.2) is 0 Å². The van der Waals surface area contributed by atoms with Crippen LogP contribution in [-0.2, 0) is 37.9 Å². The van der Waals surface area contributed by atoms with Gasteiger partial charge in [-0.15, -0.1) is 0 Å². The fraction of sp³-hybridized carbons (Fsp3) is 1.00. The van der Waals surface area contributed by atoms with Crippen LogP contribution in [0, 0.1) is 0 Å². The van der Waals surface area contributed by atoms with E-state index in [0.29, 0.717) is 31.3 Å². The Labute approximate surface area is 434 Å². The molecule has 5 fully saturated rings. The van der Waals surface area contributed by atoms with Crippen LogP contribution in [0.15, 0.2) is 0 Å². The van der Waals surface area contributed by atoms with Crippen LogP contribution in [-0.4, -0.2) is 285 Å². The van der Waals surface area contributed by atoms with Crippen LogP contribution in [0.3, 0.4) is 0 Å². The van der Waals surface area contributed by atoms with Gasteiger partial charge in [-0.3, -0.25) is 0 Å². The molecule has 5 saturated heterocycles. The van der Waals surface area contributed by atoms with Gasteiger partial charge in [0.2, 0.25) is 0 Å². The van der Waals surface area contributed by atoms with E-state index in [9.17, 15) is 76.6 Å². The van der Waals surface area contributed by atoms with Crippen LogP contribution in [0.1, 0.15) is 87.5 Å². The Balaban J connectivity index is 0.000000877. The van der Waals surface area contributed by atoms with Crippen LogP contribution in [0.4, 0.5) is 0 Å². The Hall–Kier alpha value is -0.300. The zero-order chi connectivity index (χ0) is 54.3. The molecule has 0 amide bonds. The predicted octanol–water partition coefficient (Wildman–Crippen LogP) is -4.95. The monoisotopic (exact) mass is 1100 g/mol. The van der Waals surface area contributed by atoms with Gasteiger partial charge in [0.25, 0.3) is 0 Å². The first kappa shape index (κ1) is 71.7. The van der Waals surface area contributed by atoms with Gasteiger partial charge in [0.1, 0.15) is 104 Å². The lowest BCUT2D eigenvalue weighted by Crippen LogP contribution is -2.59. The van der Waals surface area contributed by atoms with E-state index in [2.05, 4.69) is 25.3 Å². The van der Waals surface area contributed by atoms with E-state index in [1.165, 1.54) is 0 Å². The minimum atomic E-state index is -1.36. The lowest BCUT2D eigenvalue weighted by Gasteiger charge is -2.39. The summed E-state index contributed by atoms with van der Waals surface area (Å²) in [6.45, 7) is 11.4. The van der Waals surface area contributed by atoms with Gasteiger partial charge in [0, 0.05) is 31.3 Å². The van der Waals surface area contributed by atoms with E-state index < -0.39 is 166 Å². The van der Waals surface area contributed by atoms with Crippen LogP contribution in [0.2, 0.25) is 0 Å². The molecule has 27 heteroatoms. The third-order valence-electron chi connectivity index (χ3n) is 12.1. The third kappa shape index (κ3) is 21.9. The molecule has 72 heavy (non-hydrogen) atoms. The number of hydrogen-bond acceptors (Lipinski definition) is 27. The summed E-state index contributed by atoms with van der Waals surface area (Å²) in [5.41, 5.74) is 0. The molecule has 0 aliphatic carbocycles. The molecule has 434 valence electrons. The molecule has 0 radical (unpaired) electrons. The molecule has 0 saturated carbocycles. The van der Waals surface area contributed by atoms with E-state index in [1.54, 1.807) is 20.8 Å². The molecule has 5 aliphatic rings. The molecule has 0 spiro atoms. The van der Waals surface area contributed by atoms with Gasteiger partial charge in [-0.05, 0) is 40.0 Å². The smallest absolute Gasteiger partial charge is 0.186 e. The molecule has 0 aromatic carbocycles. The first-order chi connectivity index (χ1) is 33.4. The summed E-state index contributed by atoms with van der Waals surface area (Å²) in [5, 5.41) is 159. The van der Waals surface area contributed by atoms with Crippen LogP contribution in [0.5, 0.6) is 0 Å². The van der Waals surface area contributed by atoms with Crippen LogP contribution in [0.25, 0.3) is 0 Å². The highest BCUT2D eigenvalue weighted by molar-refractivity contribution is 7.80. The molecule has 17 N–H and O–H groups in total.